The Bertz CT molecular complexity index is 1300. The second kappa shape index (κ2) is 14.6. The molecule has 3 aromatic carbocycles. The van der Waals surface area contributed by atoms with E-state index in [4.69, 9.17) is 5.11 Å². The standard InChI is InChI=1S/C31H33N3O5.CH4/c35-28(30(37)38)20-32-29(36)26-13-11-23(12-14-26)21-34(31(39)33-19-22-7-3-1-4-8-22)27-17-15-25(16-18-27)24-9-5-2-6-10-24;/h1,3-4,7-9,11-18,28,35H,2,5-6,10,19-21H2,(H,32,36)(H,33,39)(H,37,38);1H4/t28-;/m1./s1. The minimum Gasteiger partial charge on any atom is -0.479 e. The highest BCUT2D eigenvalue weighted by atomic mass is 16.4. The zero-order valence-electron chi connectivity index (χ0n) is 21.7. The first kappa shape index (κ1) is 30.1. The van der Waals surface area contributed by atoms with Gasteiger partial charge in [0, 0.05) is 17.8 Å². The van der Waals surface area contributed by atoms with E-state index < -0.39 is 24.5 Å². The summed E-state index contributed by atoms with van der Waals surface area (Å²) >= 11 is 0. The lowest BCUT2D eigenvalue weighted by Crippen LogP contribution is -2.39. The van der Waals surface area contributed by atoms with Crippen molar-refractivity contribution in [2.24, 2.45) is 0 Å². The largest absolute Gasteiger partial charge is 0.479 e. The maximum absolute atomic E-state index is 13.4. The summed E-state index contributed by atoms with van der Waals surface area (Å²) < 4.78 is 0. The third-order valence-corrected chi connectivity index (χ3v) is 6.67. The SMILES string of the molecule is C.O=C(NC[C@@H](O)C(=O)O)c1ccc(CN(C(=O)NCc2ccccc2)c2ccc(C3=CCCCC3)cc2)cc1. The van der Waals surface area contributed by atoms with Crippen LogP contribution in [-0.4, -0.2) is 40.8 Å². The number of nitrogens with zero attached hydrogens (tertiary/aromatic N) is 1. The Balaban J connectivity index is 0.00000441. The molecule has 4 rings (SSSR count). The summed E-state index contributed by atoms with van der Waals surface area (Å²) in [5, 5.41) is 23.5. The van der Waals surface area contributed by atoms with Gasteiger partial charge >= 0.3 is 12.0 Å². The van der Waals surface area contributed by atoms with Crippen molar-refractivity contribution in [3.05, 3.63) is 107 Å². The fourth-order valence-corrected chi connectivity index (χ4v) is 4.43. The third-order valence-electron chi connectivity index (χ3n) is 6.67. The molecule has 0 spiro atoms. The molecule has 0 fully saturated rings. The maximum Gasteiger partial charge on any atom is 0.334 e. The van der Waals surface area contributed by atoms with E-state index in [2.05, 4.69) is 28.8 Å². The number of hydrogen-bond acceptors (Lipinski definition) is 4. The van der Waals surface area contributed by atoms with Gasteiger partial charge in [-0.2, -0.15) is 0 Å². The average Bonchev–Trinajstić information content (AvgIpc) is 2.98. The van der Waals surface area contributed by atoms with Gasteiger partial charge in [0.05, 0.1) is 13.1 Å². The number of aliphatic carboxylic acids is 1. The topological polar surface area (TPSA) is 119 Å². The molecular weight excluding hydrogens is 506 g/mol. The van der Waals surface area contributed by atoms with E-state index in [0.29, 0.717) is 12.1 Å². The van der Waals surface area contributed by atoms with Crippen LogP contribution < -0.4 is 15.5 Å². The number of benzene rings is 3. The van der Waals surface area contributed by atoms with E-state index in [1.807, 2.05) is 42.5 Å². The van der Waals surface area contributed by atoms with Gasteiger partial charge in [0.25, 0.3) is 5.91 Å². The molecular formula is C32H37N3O5. The maximum atomic E-state index is 13.4. The molecule has 8 nitrogen and oxygen atoms in total. The Labute approximate surface area is 235 Å². The van der Waals surface area contributed by atoms with Crippen molar-refractivity contribution >= 4 is 29.2 Å². The van der Waals surface area contributed by atoms with Gasteiger partial charge in [0.15, 0.2) is 6.10 Å². The number of amides is 3. The summed E-state index contributed by atoms with van der Waals surface area (Å²) in [5.74, 6) is -1.90. The number of anilines is 1. The lowest BCUT2D eigenvalue weighted by molar-refractivity contribution is -0.146. The number of carbonyl (C=O) groups excluding carboxylic acids is 2. The smallest absolute Gasteiger partial charge is 0.334 e. The number of carboxylic acid groups (broad SMARTS) is 1. The molecule has 0 aliphatic heterocycles. The zero-order valence-corrected chi connectivity index (χ0v) is 21.7. The minimum absolute atomic E-state index is 0. The fourth-order valence-electron chi connectivity index (χ4n) is 4.43. The van der Waals surface area contributed by atoms with E-state index in [-0.39, 0.29) is 20.0 Å². The molecule has 210 valence electrons. The van der Waals surface area contributed by atoms with Crippen molar-refractivity contribution in [1.29, 1.82) is 0 Å². The van der Waals surface area contributed by atoms with Crippen molar-refractivity contribution in [1.82, 2.24) is 10.6 Å². The summed E-state index contributed by atoms with van der Waals surface area (Å²) in [4.78, 5) is 38.1. The van der Waals surface area contributed by atoms with Crippen LogP contribution in [0.4, 0.5) is 10.5 Å². The molecule has 0 saturated heterocycles. The molecule has 0 saturated carbocycles. The van der Waals surface area contributed by atoms with E-state index in [0.717, 1.165) is 29.7 Å². The highest BCUT2D eigenvalue weighted by Gasteiger charge is 2.18. The Kier molecular flexibility index (Phi) is 11.0. The number of aliphatic hydroxyl groups is 1. The van der Waals surface area contributed by atoms with Gasteiger partial charge in [0.2, 0.25) is 0 Å². The van der Waals surface area contributed by atoms with Gasteiger partial charge in [0.1, 0.15) is 0 Å². The molecule has 0 bridgehead atoms. The number of carboxylic acids is 1. The van der Waals surface area contributed by atoms with E-state index in [9.17, 15) is 19.5 Å². The summed E-state index contributed by atoms with van der Waals surface area (Å²) in [7, 11) is 0. The van der Waals surface area contributed by atoms with E-state index >= 15 is 0 Å². The second-order valence-electron chi connectivity index (χ2n) is 9.51. The van der Waals surface area contributed by atoms with Crippen LogP contribution in [0.2, 0.25) is 0 Å². The minimum atomic E-state index is -1.67. The number of aliphatic hydroxyl groups excluding tert-OH is 1. The molecule has 1 aliphatic rings. The van der Waals surface area contributed by atoms with Crippen LogP contribution in [-0.2, 0) is 17.9 Å². The van der Waals surface area contributed by atoms with Gasteiger partial charge in [-0.05, 0) is 72.2 Å². The van der Waals surface area contributed by atoms with E-state index in [1.165, 1.54) is 24.0 Å². The van der Waals surface area contributed by atoms with Crippen LogP contribution in [0.1, 0.15) is 60.2 Å². The van der Waals surface area contributed by atoms with Gasteiger partial charge in [-0.3, -0.25) is 9.69 Å². The summed E-state index contributed by atoms with van der Waals surface area (Å²) in [5.41, 5.74) is 5.40. The lowest BCUT2D eigenvalue weighted by Gasteiger charge is -2.24. The summed E-state index contributed by atoms with van der Waals surface area (Å²) in [6.45, 7) is 0.281. The molecule has 4 N–H and O–H groups in total. The molecule has 0 aromatic heterocycles. The zero-order chi connectivity index (χ0) is 27.6. The first-order chi connectivity index (χ1) is 18.9. The van der Waals surface area contributed by atoms with Crippen LogP contribution in [0.15, 0.2) is 84.9 Å². The van der Waals surface area contributed by atoms with Crippen molar-refractivity contribution in [2.75, 3.05) is 11.4 Å². The molecule has 0 heterocycles. The number of carbonyl (C=O) groups is 3. The highest BCUT2D eigenvalue weighted by molar-refractivity contribution is 5.95. The molecule has 3 amide bonds. The fraction of sp³-hybridized carbons (Fsp3) is 0.281. The second-order valence-corrected chi connectivity index (χ2v) is 9.51. The van der Waals surface area contributed by atoms with E-state index in [1.54, 1.807) is 29.2 Å². The molecule has 3 aromatic rings. The monoisotopic (exact) mass is 543 g/mol. The van der Waals surface area contributed by atoms with Gasteiger partial charge in [-0.15, -0.1) is 0 Å². The van der Waals surface area contributed by atoms with Crippen molar-refractivity contribution in [2.45, 2.75) is 52.3 Å². The van der Waals surface area contributed by atoms with Crippen LogP contribution in [0.5, 0.6) is 0 Å². The number of hydrogen-bond donors (Lipinski definition) is 4. The highest BCUT2D eigenvalue weighted by Crippen LogP contribution is 2.28. The van der Waals surface area contributed by atoms with Crippen molar-refractivity contribution in [3.63, 3.8) is 0 Å². The molecule has 40 heavy (non-hydrogen) atoms. The third kappa shape index (κ3) is 8.28. The van der Waals surface area contributed by atoms with Gasteiger partial charge in [-0.25, -0.2) is 9.59 Å². The first-order valence-corrected chi connectivity index (χ1v) is 13.1. The van der Waals surface area contributed by atoms with Crippen molar-refractivity contribution in [3.8, 4) is 0 Å². The Morgan fingerprint density at radius 2 is 1.55 bits per heavy atom. The molecule has 1 aliphatic carbocycles. The quantitative estimate of drug-likeness (QED) is 0.274. The predicted octanol–water partition coefficient (Wildman–Crippen LogP) is 5.37. The van der Waals surface area contributed by atoms with Gasteiger partial charge < -0.3 is 20.8 Å². The number of allylic oxidation sites excluding steroid dienone is 2. The predicted molar refractivity (Wildman–Crippen MR) is 157 cm³/mol. The van der Waals surface area contributed by atoms with Crippen LogP contribution in [0.25, 0.3) is 5.57 Å². The molecule has 0 unspecified atom stereocenters. The molecule has 1 atom stereocenters. The number of nitrogens with one attached hydrogen (secondary N) is 2. The van der Waals surface area contributed by atoms with Gasteiger partial charge in [-0.1, -0.05) is 68.1 Å². The lowest BCUT2D eigenvalue weighted by atomic mass is 9.93. The van der Waals surface area contributed by atoms with Crippen LogP contribution in [0.3, 0.4) is 0 Å². The summed E-state index contributed by atoms with van der Waals surface area (Å²) in [6, 6.07) is 24.2. The Morgan fingerprint density at radius 1 is 0.850 bits per heavy atom. The molecule has 8 heteroatoms. The Morgan fingerprint density at radius 3 is 2.17 bits per heavy atom. The number of urea groups is 1. The number of rotatable bonds is 10. The van der Waals surface area contributed by atoms with Crippen LogP contribution >= 0.6 is 0 Å². The first-order valence-electron chi connectivity index (χ1n) is 13.1. The normalized spacial score (nSPS) is 13.3. The average molecular weight is 544 g/mol. The Hall–Kier alpha value is -4.43. The molecule has 0 radical (unpaired) electrons. The van der Waals surface area contributed by atoms with Crippen molar-refractivity contribution < 1.29 is 24.6 Å². The summed E-state index contributed by atoms with van der Waals surface area (Å²) in [6.07, 6.45) is 5.20. The van der Waals surface area contributed by atoms with Crippen LogP contribution in [0, 0.1) is 0 Å².